The molecule has 1 aromatic carbocycles. The van der Waals surface area contributed by atoms with Gasteiger partial charge in [-0.15, -0.1) is 0 Å². The van der Waals surface area contributed by atoms with Crippen LogP contribution in [-0.4, -0.2) is 30.0 Å². The van der Waals surface area contributed by atoms with Gasteiger partial charge in [0.05, 0.1) is 6.61 Å². The maximum Gasteiger partial charge on any atom is 0.353 e. The summed E-state index contributed by atoms with van der Waals surface area (Å²) >= 11 is 5.73. The Hall–Kier alpha value is -1.75. The highest BCUT2D eigenvalue weighted by Gasteiger charge is 2.01. The molecule has 98 valence electrons. The summed E-state index contributed by atoms with van der Waals surface area (Å²) in [7, 11) is 0. The number of ether oxygens (including phenoxy) is 1. The molecule has 0 radical (unpaired) electrons. The molecule has 0 aliphatic carbocycles. The predicted octanol–water partition coefficient (Wildman–Crippen LogP) is 2.59. The fraction of sp³-hybridized carbons (Fsp3) is 0.333. The molecule has 0 bridgehead atoms. The summed E-state index contributed by atoms with van der Waals surface area (Å²) in [5, 5.41) is 12.6. The highest BCUT2D eigenvalue weighted by molar-refractivity contribution is 6.34. The van der Waals surface area contributed by atoms with Crippen LogP contribution in [0.3, 0.4) is 0 Å². The van der Waals surface area contributed by atoms with Gasteiger partial charge in [0.15, 0.2) is 5.71 Å². The first-order valence-corrected chi connectivity index (χ1v) is 5.75. The molecule has 0 atom stereocenters. The van der Waals surface area contributed by atoms with Gasteiger partial charge >= 0.3 is 5.97 Å². The van der Waals surface area contributed by atoms with Gasteiger partial charge in [-0.2, -0.15) is 0 Å². The Morgan fingerprint density at radius 1 is 1.33 bits per heavy atom. The Bertz CT molecular complexity index is 417. The molecule has 1 N–H and O–H groups in total. The Morgan fingerprint density at radius 2 is 2.00 bits per heavy atom. The van der Waals surface area contributed by atoms with E-state index in [0.29, 0.717) is 24.7 Å². The zero-order valence-corrected chi connectivity index (χ0v) is 10.7. The van der Waals surface area contributed by atoms with Crippen molar-refractivity contribution in [2.75, 3.05) is 13.2 Å². The standard InChI is InChI=1S/C12H14ClNO4/c1-9(12(15)16)14-18-8-2-7-17-11-5-3-10(13)4-6-11/h3-6H,2,7-8H2,1H3,(H,15,16)/b14-9-. The maximum atomic E-state index is 10.4. The van der Waals surface area contributed by atoms with E-state index in [0.717, 1.165) is 5.75 Å². The van der Waals surface area contributed by atoms with Crippen molar-refractivity contribution in [3.05, 3.63) is 29.3 Å². The van der Waals surface area contributed by atoms with Crippen LogP contribution in [0.1, 0.15) is 13.3 Å². The SMILES string of the molecule is C/C(=N/OCCCOc1ccc(Cl)cc1)C(=O)O. The molecule has 5 nitrogen and oxygen atoms in total. The molecule has 0 unspecified atom stereocenters. The van der Waals surface area contributed by atoms with E-state index in [2.05, 4.69) is 5.16 Å². The number of aliphatic carboxylic acids is 1. The molecular formula is C12H14ClNO4. The number of rotatable bonds is 7. The fourth-order valence-corrected chi connectivity index (χ4v) is 1.15. The molecule has 0 aliphatic rings. The molecule has 18 heavy (non-hydrogen) atoms. The van der Waals surface area contributed by atoms with Crippen LogP contribution in [0.15, 0.2) is 29.4 Å². The van der Waals surface area contributed by atoms with Crippen molar-refractivity contribution in [1.82, 2.24) is 0 Å². The Labute approximate surface area is 110 Å². The average molecular weight is 272 g/mol. The first kappa shape index (κ1) is 14.3. The number of hydrogen-bond acceptors (Lipinski definition) is 4. The summed E-state index contributed by atoms with van der Waals surface area (Å²) in [5.41, 5.74) is -0.0754. The second kappa shape index (κ2) is 7.55. The Balaban J connectivity index is 2.14. The van der Waals surface area contributed by atoms with Gasteiger partial charge in [-0.25, -0.2) is 4.79 Å². The summed E-state index contributed by atoms with van der Waals surface area (Å²) < 4.78 is 5.41. The number of nitrogens with zero attached hydrogens (tertiary/aromatic N) is 1. The van der Waals surface area contributed by atoms with Crippen molar-refractivity contribution < 1.29 is 19.5 Å². The third kappa shape index (κ3) is 5.54. The zero-order chi connectivity index (χ0) is 13.4. The van der Waals surface area contributed by atoms with E-state index < -0.39 is 5.97 Å². The fourth-order valence-electron chi connectivity index (χ4n) is 1.03. The van der Waals surface area contributed by atoms with Gasteiger partial charge in [0.1, 0.15) is 12.4 Å². The number of oxime groups is 1. The summed E-state index contributed by atoms with van der Waals surface area (Å²) in [5.74, 6) is -0.364. The van der Waals surface area contributed by atoms with Crippen molar-refractivity contribution in [3.63, 3.8) is 0 Å². The number of benzene rings is 1. The summed E-state index contributed by atoms with van der Waals surface area (Å²) in [6.45, 7) is 2.13. The van der Waals surface area contributed by atoms with Crippen molar-refractivity contribution in [2.45, 2.75) is 13.3 Å². The highest BCUT2D eigenvalue weighted by Crippen LogP contribution is 2.15. The van der Waals surface area contributed by atoms with E-state index in [-0.39, 0.29) is 5.71 Å². The van der Waals surface area contributed by atoms with Crippen molar-refractivity contribution in [2.24, 2.45) is 5.16 Å². The second-order valence-corrected chi connectivity index (χ2v) is 3.91. The van der Waals surface area contributed by atoms with Gasteiger partial charge in [0.25, 0.3) is 0 Å². The van der Waals surface area contributed by atoms with Gasteiger partial charge in [-0.05, 0) is 31.2 Å². The molecule has 0 heterocycles. The molecule has 0 saturated heterocycles. The van der Waals surface area contributed by atoms with Crippen LogP contribution in [0.2, 0.25) is 5.02 Å². The van der Waals surface area contributed by atoms with E-state index in [1.165, 1.54) is 6.92 Å². The van der Waals surface area contributed by atoms with Gasteiger partial charge in [-0.3, -0.25) is 0 Å². The molecule has 0 aliphatic heterocycles. The van der Waals surface area contributed by atoms with Crippen LogP contribution in [0, 0.1) is 0 Å². The van der Waals surface area contributed by atoms with Gasteiger partial charge in [0, 0.05) is 11.4 Å². The second-order valence-electron chi connectivity index (χ2n) is 3.47. The number of carboxylic acid groups (broad SMARTS) is 1. The lowest BCUT2D eigenvalue weighted by molar-refractivity contribution is -0.129. The van der Waals surface area contributed by atoms with Crippen LogP contribution >= 0.6 is 11.6 Å². The number of hydrogen-bond donors (Lipinski definition) is 1. The minimum absolute atomic E-state index is 0.0754. The third-order valence-electron chi connectivity index (χ3n) is 1.97. The van der Waals surface area contributed by atoms with Gasteiger partial charge in [-0.1, -0.05) is 16.8 Å². The molecule has 0 aromatic heterocycles. The number of carbonyl (C=O) groups is 1. The van der Waals surface area contributed by atoms with E-state index in [4.69, 9.17) is 26.3 Å². The maximum absolute atomic E-state index is 10.4. The molecule has 0 amide bonds. The minimum Gasteiger partial charge on any atom is -0.493 e. The summed E-state index contributed by atoms with van der Waals surface area (Å²) in [6, 6.07) is 7.04. The highest BCUT2D eigenvalue weighted by atomic mass is 35.5. The first-order valence-electron chi connectivity index (χ1n) is 5.38. The van der Waals surface area contributed by atoms with E-state index in [1.54, 1.807) is 24.3 Å². The zero-order valence-electron chi connectivity index (χ0n) is 9.93. The normalized spacial score (nSPS) is 11.1. The smallest absolute Gasteiger partial charge is 0.353 e. The number of halogens is 1. The summed E-state index contributed by atoms with van der Waals surface area (Å²) in [4.78, 5) is 15.2. The monoisotopic (exact) mass is 271 g/mol. The van der Waals surface area contributed by atoms with Crippen LogP contribution in [0.25, 0.3) is 0 Å². The Kier molecular flexibility index (Phi) is 6.00. The van der Waals surface area contributed by atoms with Gasteiger partial charge < -0.3 is 14.7 Å². The largest absolute Gasteiger partial charge is 0.493 e. The van der Waals surface area contributed by atoms with E-state index in [9.17, 15) is 4.79 Å². The lowest BCUT2D eigenvalue weighted by Gasteiger charge is -2.05. The molecule has 0 spiro atoms. The van der Waals surface area contributed by atoms with Crippen molar-refractivity contribution in [3.8, 4) is 5.75 Å². The quantitative estimate of drug-likeness (QED) is 0.470. The molecule has 0 fully saturated rings. The van der Waals surface area contributed by atoms with Crippen molar-refractivity contribution >= 4 is 23.3 Å². The van der Waals surface area contributed by atoms with Crippen LogP contribution in [-0.2, 0) is 9.63 Å². The molecule has 1 aromatic rings. The van der Waals surface area contributed by atoms with Crippen LogP contribution in [0.4, 0.5) is 0 Å². The molecule has 1 rings (SSSR count). The van der Waals surface area contributed by atoms with Crippen LogP contribution in [0.5, 0.6) is 5.75 Å². The lowest BCUT2D eigenvalue weighted by Crippen LogP contribution is -2.09. The summed E-state index contributed by atoms with van der Waals surface area (Å²) in [6.07, 6.45) is 0.610. The van der Waals surface area contributed by atoms with Crippen LogP contribution < -0.4 is 4.74 Å². The van der Waals surface area contributed by atoms with E-state index in [1.807, 2.05) is 0 Å². The van der Waals surface area contributed by atoms with Crippen molar-refractivity contribution in [1.29, 1.82) is 0 Å². The first-order chi connectivity index (χ1) is 8.59. The minimum atomic E-state index is -1.09. The average Bonchev–Trinajstić information content (AvgIpc) is 2.35. The molecule has 0 saturated carbocycles. The molecule has 6 heteroatoms. The third-order valence-corrected chi connectivity index (χ3v) is 2.23. The van der Waals surface area contributed by atoms with Gasteiger partial charge in [0.2, 0.25) is 0 Å². The predicted molar refractivity (Wildman–Crippen MR) is 68.3 cm³/mol. The molecular weight excluding hydrogens is 258 g/mol. The number of carboxylic acids is 1. The lowest BCUT2D eigenvalue weighted by atomic mass is 10.3. The van der Waals surface area contributed by atoms with E-state index >= 15 is 0 Å². The Morgan fingerprint density at radius 3 is 2.61 bits per heavy atom. The topological polar surface area (TPSA) is 68.1 Å².